The van der Waals surface area contributed by atoms with Crippen LogP contribution in [0.2, 0.25) is 5.02 Å². The Balaban J connectivity index is 1.60. The largest absolute Gasteiger partial charge is 0.433 e. The highest BCUT2D eigenvalue weighted by molar-refractivity contribution is 7.99. The molecule has 0 saturated carbocycles. The normalized spacial score (nSPS) is 10.9. The number of thioether (sulfide) groups is 1. The molecule has 1 heterocycles. The number of carbonyl (C=O) groups is 1. The summed E-state index contributed by atoms with van der Waals surface area (Å²) in [5, 5.41) is 14.6. The number of nitrogens with zero attached hydrogens (tertiary/aromatic N) is 4. The summed E-state index contributed by atoms with van der Waals surface area (Å²) in [7, 11) is 0. The van der Waals surface area contributed by atoms with Crippen LogP contribution in [0.15, 0.2) is 47.6 Å². The number of hydrogen-bond donors (Lipinski definition) is 1. The summed E-state index contributed by atoms with van der Waals surface area (Å²) in [6.45, 7) is -1.00. The summed E-state index contributed by atoms with van der Waals surface area (Å²) < 4.78 is 30.3. The lowest BCUT2D eigenvalue weighted by molar-refractivity contribution is -0.113. The Morgan fingerprint density at radius 3 is 2.71 bits per heavy atom. The van der Waals surface area contributed by atoms with Crippen LogP contribution in [0, 0.1) is 6.92 Å². The number of benzene rings is 2. The zero-order valence-corrected chi connectivity index (χ0v) is 16.0. The Morgan fingerprint density at radius 1 is 1.29 bits per heavy atom. The Morgan fingerprint density at radius 2 is 2.04 bits per heavy atom. The predicted octanol–water partition coefficient (Wildman–Crippen LogP) is 3.96. The highest BCUT2D eigenvalue weighted by Crippen LogP contribution is 2.29. The number of nitrogens with one attached hydrogen (secondary N) is 1. The minimum absolute atomic E-state index is 0.0333. The van der Waals surface area contributed by atoms with Crippen LogP contribution in [0.4, 0.5) is 14.5 Å². The van der Waals surface area contributed by atoms with Gasteiger partial charge in [0.15, 0.2) is 0 Å². The third kappa shape index (κ3) is 5.17. The van der Waals surface area contributed by atoms with E-state index in [0.29, 0.717) is 10.8 Å². The second-order valence-electron chi connectivity index (χ2n) is 5.57. The molecule has 0 bridgehead atoms. The van der Waals surface area contributed by atoms with Crippen LogP contribution in [0.3, 0.4) is 0 Å². The number of tetrazole rings is 1. The van der Waals surface area contributed by atoms with Gasteiger partial charge in [-0.15, -0.1) is 5.10 Å². The van der Waals surface area contributed by atoms with Crippen molar-refractivity contribution in [1.82, 2.24) is 20.2 Å². The first-order valence-corrected chi connectivity index (χ1v) is 9.31. The number of aromatic nitrogens is 4. The molecule has 3 aromatic rings. The third-order valence-corrected chi connectivity index (χ3v) is 4.70. The van der Waals surface area contributed by atoms with Crippen molar-refractivity contribution in [2.75, 3.05) is 11.1 Å². The molecule has 7 nitrogen and oxygen atoms in total. The van der Waals surface area contributed by atoms with Crippen LogP contribution in [0.5, 0.6) is 5.75 Å². The van der Waals surface area contributed by atoms with Gasteiger partial charge in [-0.2, -0.15) is 13.5 Å². The maximum absolute atomic E-state index is 12.2. The van der Waals surface area contributed by atoms with E-state index in [9.17, 15) is 13.6 Å². The zero-order valence-electron chi connectivity index (χ0n) is 14.5. The molecule has 1 amide bonds. The first-order valence-electron chi connectivity index (χ1n) is 7.95. The van der Waals surface area contributed by atoms with Gasteiger partial charge in [0.2, 0.25) is 11.1 Å². The molecule has 0 aliphatic heterocycles. The van der Waals surface area contributed by atoms with E-state index in [1.807, 2.05) is 31.2 Å². The molecule has 0 unspecified atom stereocenters. The Labute approximate surface area is 168 Å². The summed E-state index contributed by atoms with van der Waals surface area (Å²) in [6, 6.07) is 11.6. The van der Waals surface area contributed by atoms with E-state index in [1.165, 1.54) is 22.9 Å². The van der Waals surface area contributed by atoms with Gasteiger partial charge in [0, 0.05) is 5.69 Å². The molecule has 0 atom stereocenters. The fraction of sp³-hybridized carbons (Fsp3) is 0.176. The van der Waals surface area contributed by atoms with Gasteiger partial charge in [0.25, 0.3) is 0 Å². The predicted molar refractivity (Wildman–Crippen MR) is 101 cm³/mol. The molecule has 1 aromatic heterocycles. The molecule has 11 heteroatoms. The molecule has 2 aromatic carbocycles. The van der Waals surface area contributed by atoms with Crippen LogP contribution in [-0.2, 0) is 4.79 Å². The lowest BCUT2D eigenvalue weighted by Gasteiger charge is -2.09. The molecular formula is C17H14ClF2N5O2S. The van der Waals surface area contributed by atoms with Gasteiger partial charge < -0.3 is 10.1 Å². The number of hydrogen-bond acceptors (Lipinski definition) is 6. The number of rotatable bonds is 7. The molecule has 0 fully saturated rings. The van der Waals surface area contributed by atoms with E-state index in [0.717, 1.165) is 23.0 Å². The molecule has 0 aliphatic carbocycles. The minimum Gasteiger partial charge on any atom is -0.433 e. The SMILES string of the molecule is Cc1ccc(-n2nnnc2SCC(=O)Nc2ccc(OC(F)F)c(Cl)c2)cc1. The zero-order chi connectivity index (χ0) is 20.1. The van der Waals surface area contributed by atoms with Gasteiger partial charge in [-0.3, -0.25) is 4.79 Å². The number of aryl methyl sites for hydroxylation is 1. The molecule has 0 saturated heterocycles. The highest BCUT2D eigenvalue weighted by atomic mass is 35.5. The van der Waals surface area contributed by atoms with Crippen molar-refractivity contribution >= 4 is 35.0 Å². The van der Waals surface area contributed by atoms with Gasteiger partial charge >= 0.3 is 6.61 Å². The van der Waals surface area contributed by atoms with Crippen molar-refractivity contribution in [2.24, 2.45) is 0 Å². The van der Waals surface area contributed by atoms with E-state index in [4.69, 9.17) is 11.6 Å². The minimum atomic E-state index is -2.98. The second kappa shape index (κ2) is 8.98. The van der Waals surface area contributed by atoms with Crippen LogP contribution in [0.25, 0.3) is 5.69 Å². The number of amides is 1. The van der Waals surface area contributed by atoms with Gasteiger partial charge in [0.05, 0.1) is 16.5 Å². The first kappa shape index (κ1) is 20.0. The molecule has 3 rings (SSSR count). The average molecular weight is 426 g/mol. The fourth-order valence-electron chi connectivity index (χ4n) is 2.21. The Kier molecular flexibility index (Phi) is 6.42. The van der Waals surface area contributed by atoms with Crippen LogP contribution < -0.4 is 10.1 Å². The number of anilines is 1. The molecule has 0 spiro atoms. The smallest absolute Gasteiger partial charge is 0.387 e. The summed E-state index contributed by atoms with van der Waals surface area (Å²) in [5.74, 6) is -0.456. The van der Waals surface area contributed by atoms with Crippen molar-refractivity contribution in [3.63, 3.8) is 0 Å². The van der Waals surface area contributed by atoms with Crippen molar-refractivity contribution in [2.45, 2.75) is 18.7 Å². The van der Waals surface area contributed by atoms with Crippen LogP contribution in [-0.4, -0.2) is 38.5 Å². The van der Waals surface area contributed by atoms with Crippen molar-refractivity contribution < 1.29 is 18.3 Å². The Bertz CT molecular complexity index is 968. The highest BCUT2D eigenvalue weighted by Gasteiger charge is 2.13. The first-order chi connectivity index (χ1) is 13.4. The molecular weight excluding hydrogens is 412 g/mol. The van der Waals surface area contributed by atoms with Gasteiger partial charge in [0.1, 0.15) is 5.75 Å². The lowest BCUT2D eigenvalue weighted by atomic mass is 10.2. The Hall–Kier alpha value is -2.72. The van der Waals surface area contributed by atoms with E-state index in [-0.39, 0.29) is 22.4 Å². The molecule has 1 N–H and O–H groups in total. The molecule has 146 valence electrons. The molecule has 0 radical (unpaired) electrons. The summed E-state index contributed by atoms with van der Waals surface area (Å²) in [6.07, 6.45) is 0. The topological polar surface area (TPSA) is 81.9 Å². The van der Waals surface area contributed by atoms with Gasteiger partial charge in [-0.25, -0.2) is 0 Å². The molecule has 28 heavy (non-hydrogen) atoms. The van der Waals surface area contributed by atoms with E-state index in [1.54, 1.807) is 0 Å². The van der Waals surface area contributed by atoms with Crippen molar-refractivity contribution in [3.05, 3.63) is 53.1 Å². The van der Waals surface area contributed by atoms with Crippen LogP contribution in [0.1, 0.15) is 5.56 Å². The van der Waals surface area contributed by atoms with E-state index in [2.05, 4.69) is 25.6 Å². The van der Waals surface area contributed by atoms with Crippen molar-refractivity contribution in [3.8, 4) is 11.4 Å². The van der Waals surface area contributed by atoms with Crippen LogP contribution >= 0.6 is 23.4 Å². The number of halogens is 3. The molecule has 0 aliphatic rings. The maximum atomic E-state index is 12.2. The summed E-state index contributed by atoms with van der Waals surface area (Å²) >= 11 is 7.02. The van der Waals surface area contributed by atoms with Crippen molar-refractivity contribution in [1.29, 1.82) is 0 Å². The number of carbonyl (C=O) groups excluding carboxylic acids is 1. The van der Waals surface area contributed by atoms with Gasteiger partial charge in [-0.05, 0) is 47.7 Å². The quantitative estimate of drug-likeness (QED) is 0.577. The second-order valence-corrected chi connectivity index (χ2v) is 6.92. The summed E-state index contributed by atoms with van der Waals surface area (Å²) in [5.41, 5.74) is 2.24. The third-order valence-electron chi connectivity index (χ3n) is 3.48. The van der Waals surface area contributed by atoms with E-state index < -0.39 is 6.61 Å². The van der Waals surface area contributed by atoms with E-state index >= 15 is 0 Å². The number of alkyl halides is 2. The van der Waals surface area contributed by atoms with Gasteiger partial charge in [-0.1, -0.05) is 41.1 Å². The monoisotopic (exact) mass is 425 g/mol. The number of ether oxygens (including phenoxy) is 1. The maximum Gasteiger partial charge on any atom is 0.387 e. The summed E-state index contributed by atoms with van der Waals surface area (Å²) in [4.78, 5) is 12.2. The fourth-order valence-corrected chi connectivity index (χ4v) is 3.13. The lowest BCUT2D eigenvalue weighted by Crippen LogP contribution is -2.14. The average Bonchev–Trinajstić information content (AvgIpc) is 3.11. The standard InChI is InChI=1S/C17H14ClF2N5O2S/c1-10-2-5-12(6-3-10)25-17(22-23-24-25)28-9-15(26)21-11-4-7-14(13(18)8-11)27-16(19)20/h2-8,16H,9H2,1H3,(H,21,26).